The van der Waals surface area contributed by atoms with Crippen LogP contribution in [0.1, 0.15) is 5.56 Å². The van der Waals surface area contributed by atoms with E-state index in [0.717, 1.165) is 39.2 Å². The summed E-state index contributed by atoms with van der Waals surface area (Å²) in [7, 11) is 0. The summed E-state index contributed by atoms with van der Waals surface area (Å²) < 4.78 is 7.65. The first-order valence-corrected chi connectivity index (χ1v) is 10.4. The number of ether oxygens (including phenoxy) is 1. The third-order valence-corrected chi connectivity index (χ3v) is 5.59. The molecule has 0 bridgehead atoms. The van der Waals surface area contributed by atoms with Crippen LogP contribution in [0.2, 0.25) is 5.02 Å². The molecule has 0 radical (unpaired) electrons. The first kappa shape index (κ1) is 18.0. The van der Waals surface area contributed by atoms with Crippen molar-refractivity contribution < 1.29 is 4.74 Å². The van der Waals surface area contributed by atoms with Crippen molar-refractivity contribution in [3.8, 4) is 22.9 Å². The maximum atomic E-state index is 6.13. The van der Waals surface area contributed by atoms with E-state index in [4.69, 9.17) is 21.4 Å². The average molecular weight is 419 g/mol. The number of aromatic nitrogens is 3. The number of thioether (sulfide) groups is 1. The molecular weight excluding hydrogens is 404 g/mol. The third kappa shape index (κ3) is 3.77. The number of halogens is 1. The number of nitrogens with zero attached hydrogens (tertiary/aromatic N) is 4. The van der Waals surface area contributed by atoms with E-state index in [1.807, 2.05) is 78.9 Å². The van der Waals surface area contributed by atoms with Gasteiger partial charge in [0.2, 0.25) is 5.16 Å². The molecule has 29 heavy (non-hydrogen) atoms. The molecule has 2 heterocycles. The minimum Gasteiger partial charge on any atom is -0.457 e. The predicted molar refractivity (Wildman–Crippen MR) is 116 cm³/mol. The molecule has 0 N–H and O–H groups in total. The Morgan fingerprint density at radius 1 is 0.828 bits per heavy atom. The summed E-state index contributed by atoms with van der Waals surface area (Å²) in [5.41, 5.74) is 2.87. The van der Waals surface area contributed by atoms with Crippen molar-refractivity contribution in [1.82, 2.24) is 14.9 Å². The highest BCUT2D eigenvalue weighted by Gasteiger charge is 2.21. The molecular formula is C22H15ClN4OS. The highest BCUT2D eigenvalue weighted by molar-refractivity contribution is 7.99. The molecule has 5 rings (SSSR count). The number of rotatable bonds is 4. The van der Waals surface area contributed by atoms with Crippen molar-refractivity contribution in [1.29, 1.82) is 0 Å². The summed E-state index contributed by atoms with van der Waals surface area (Å²) >= 11 is 7.74. The van der Waals surface area contributed by atoms with Crippen molar-refractivity contribution in [2.45, 2.75) is 5.16 Å². The molecule has 0 fully saturated rings. The van der Waals surface area contributed by atoms with Crippen molar-refractivity contribution in [2.75, 3.05) is 5.75 Å². The van der Waals surface area contributed by atoms with Crippen molar-refractivity contribution >= 4 is 29.1 Å². The number of hydrogen-bond donors (Lipinski definition) is 0. The Kier molecular flexibility index (Phi) is 4.79. The molecule has 1 aromatic heterocycles. The molecule has 0 unspecified atom stereocenters. The standard InChI is InChI=1S/C22H15ClN4OS/c23-17-6-4-5-16(13-17)21-24-25-22-27(21)26-20(14-29-22)15-9-11-19(12-10-15)28-18-7-2-1-3-8-18/h1-13H,14H2. The summed E-state index contributed by atoms with van der Waals surface area (Å²) in [4.78, 5) is 0. The third-order valence-electron chi connectivity index (χ3n) is 4.42. The van der Waals surface area contributed by atoms with Crippen LogP contribution >= 0.6 is 23.4 Å². The van der Waals surface area contributed by atoms with Gasteiger partial charge in [-0.05, 0) is 54.1 Å². The van der Waals surface area contributed by atoms with Crippen LogP contribution in [0.5, 0.6) is 11.5 Å². The summed E-state index contributed by atoms with van der Waals surface area (Å²) in [5.74, 6) is 3.00. The Bertz CT molecular complexity index is 1190. The highest BCUT2D eigenvalue weighted by atomic mass is 35.5. The van der Waals surface area contributed by atoms with Crippen LogP contribution in [-0.2, 0) is 0 Å². The lowest BCUT2D eigenvalue weighted by Gasteiger charge is -2.14. The zero-order valence-electron chi connectivity index (χ0n) is 15.2. The molecule has 4 aromatic rings. The van der Waals surface area contributed by atoms with Crippen LogP contribution in [0, 0.1) is 0 Å². The first-order valence-electron chi connectivity index (χ1n) is 9.02. The van der Waals surface area contributed by atoms with E-state index >= 15 is 0 Å². The minimum absolute atomic E-state index is 0.654. The van der Waals surface area contributed by atoms with E-state index in [1.165, 1.54) is 0 Å². The number of benzene rings is 3. The molecule has 142 valence electrons. The minimum atomic E-state index is 0.654. The van der Waals surface area contributed by atoms with Gasteiger partial charge in [0, 0.05) is 16.3 Å². The molecule has 5 nitrogen and oxygen atoms in total. The lowest BCUT2D eigenvalue weighted by atomic mass is 10.1. The van der Waals surface area contributed by atoms with E-state index in [2.05, 4.69) is 10.2 Å². The normalized spacial score (nSPS) is 12.9. The predicted octanol–water partition coefficient (Wildman–Crippen LogP) is 5.75. The van der Waals surface area contributed by atoms with Crippen LogP contribution in [0.4, 0.5) is 0 Å². The highest BCUT2D eigenvalue weighted by Crippen LogP contribution is 2.30. The van der Waals surface area contributed by atoms with E-state index in [0.29, 0.717) is 10.8 Å². The maximum absolute atomic E-state index is 6.13. The average Bonchev–Trinajstić information content (AvgIpc) is 3.18. The molecule has 1 aliphatic heterocycles. The molecule has 3 aromatic carbocycles. The fraction of sp³-hybridized carbons (Fsp3) is 0.0455. The van der Waals surface area contributed by atoms with Gasteiger partial charge in [0.25, 0.3) is 0 Å². The molecule has 0 atom stereocenters. The molecule has 0 spiro atoms. The summed E-state index contributed by atoms with van der Waals surface area (Å²) in [6, 6.07) is 25.2. The quantitative estimate of drug-likeness (QED) is 0.423. The summed E-state index contributed by atoms with van der Waals surface area (Å²) in [6.45, 7) is 0. The second-order valence-corrected chi connectivity index (χ2v) is 7.78. The van der Waals surface area contributed by atoms with Crippen molar-refractivity contribution in [3.05, 3.63) is 89.4 Å². The van der Waals surface area contributed by atoms with E-state index < -0.39 is 0 Å². The van der Waals surface area contributed by atoms with E-state index in [-0.39, 0.29) is 0 Å². The Balaban J connectivity index is 1.43. The molecule has 0 amide bonds. The monoisotopic (exact) mass is 418 g/mol. The SMILES string of the molecule is Clc1cccc(-c2nnc3n2N=C(c2ccc(Oc4ccccc4)cc2)CS3)c1. The topological polar surface area (TPSA) is 52.3 Å². The Morgan fingerprint density at radius 3 is 2.41 bits per heavy atom. The van der Waals surface area contributed by atoms with Crippen LogP contribution in [0.15, 0.2) is 89.1 Å². The Hall–Kier alpha value is -3.09. The largest absolute Gasteiger partial charge is 0.457 e. The van der Waals surface area contributed by atoms with Crippen molar-refractivity contribution in [2.24, 2.45) is 5.10 Å². The van der Waals surface area contributed by atoms with Gasteiger partial charge in [-0.3, -0.25) is 0 Å². The van der Waals surface area contributed by atoms with Gasteiger partial charge in [-0.1, -0.05) is 53.7 Å². The second-order valence-electron chi connectivity index (χ2n) is 6.40. The van der Waals surface area contributed by atoms with Crippen LogP contribution < -0.4 is 4.74 Å². The van der Waals surface area contributed by atoms with Gasteiger partial charge in [-0.25, -0.2) is 0 Å². The van der Waals surface area contributed by atoms with Crippen LogP contribution in [0.25, 0.3) is 11.4 Å². The van der Waals surface area contributed by atoms with Gasteiger partial charge in [-0.15, -0.1) is 10.2 Å². The van der Waals surface area contributed by atoms with Gasteiger partial charge in [0.05, 0.1) is 5.71 Å². The van der Waals surface area contributed by atoms with E-state index in [9.17, 15) is 0 Å². The zero-order chi connectivity index (χ0) is 19.6. The molecule has 7 heteroatoms. The number of fused-ring (bicyclic) bond motifs is 1. The Labute approximate surface area is 177 Å². The molecule has 0 saturated carbocycles. The molecule has 1 aliphatic rings. The van der Waals surface area contributed by atoms with Gasteiger partial charge in [0.1, 0.15) is 11.5 Å². The first-order chi connectivity index (χ1) is 14.3. The zero-order valence-corrected chi connectivity index (χ0v) is 16.8. The van der Waals surface area contributed by atoms with Crippen molar-refractivity contribution in [3.63, 3.8) is 0 Å². The van der Waals surface area contributed by atoms with Gasteiger partial charge in [0.15, 0.2) is 5.82 Å². The number of hydrogen-bond acceptors (Lipinski definition) is 5. The van der Waals surface area contributed by atoms with Gasteiger partial charge >= 0.3 is 0 Å². The summed E-state index contributed by atoms with van der Waals surface area (Å²) in [6.07, 6.45) is 0. The Morgan fingerprint density at radius 2 is 1.62 bits per heavy atom. The van der Waals surface area contributed by atoms with Crippen LogP contribution in [-0.4, -0.2) is 26.3 Å². The molecule has 0 saturated heterocycles. The maximum Gasteiger partial charge on any atom is 0.212 e. The van der Waals surface area contributed by atoms with Crippen LogP contribution in [0.3, 0.4) is 0 Å². The van der Waals surface area contributed by atoms with E-state index in [1.54, 1.807) is 16.4 Å². The van der Waals surface area contributed by atoms with Gasteiger partial charge in [-0.2, -0.15) is 9.78 Å². The lowest BCUT2D eigenvalue weighted by Crippen LogP contribution is -2.13. The smallest absolute Gasteiger partial charge is 0.212 e. The lowest BCUT2D eigenvalue weighted by molar-refractivity contribution is 0.482. The fourth-order valence-corrected chi connectivity index (χ4v) is 4.05. The number of para-hydroxylation sites is 1. The fourth-order valence-electron chi connectivity index (χ4n) is 3.02. The summed E-state index contributed by atoms with van der Waals surface area (Å²) in [5, 5.41) is 14.8. The molecule has 0 aliphatic carbocycles. The van der Waals surface area contributed by atoms with Gasteiger partial charge < -0.3 is 4.74 Å². The second kappa shape index (κ2) is 7.73.